The number of thioether (sulfide) groups is 2. The van der Waals surface area contributed by atoms with Gasteiger partial charge in [-0.05, 0) is 35.1 Å². The van der Waals surface area contributed by atoms with Crippen LogP contribution in [0.4, 0.5) is 5.69 Å². The first kappa shape index (κ1) is 9.79. The molecule has 0 spiro atoms. The van der Waals surface area contributed by atoms with E-state index in [1.807, 2.05) is 18.0 Å². The Kier molecular flexibility index (Phi) is 2.76. The largest absolute Gasteiger partial charge is 0.261 e. The number of hydrogen-bond acceptors (Lipinski definition) is 3. The maximum absolute atomic E-state index is 4.42. The molecule has 2 aliphatic rings. The van der Waals surface area contributed by atoms with Gasteiger partial charge in [0, 0.05) is 23.3 Å². The average molecular weight is 235 g/mol. The first-order chi connectivity index (χ1) is 7.43. The van der Waals surface area contributed by atoms with E-state index in [1.165, 1.54) is 45.4 Å². The number of benzene rings is 1. The Morgan fingerprint density at radius 3 is 3.13 bits per heavy atom. The molecular formula is C12H13NS2. The summed E-state index contributed by atoms with van der Waals surface area (Å²) < 4.78 is 0. The summed E-state index contributed by atoms with van der Waals surface area (Å²) in [6, 6.07) is 4.65. The van der Waals surface area contributed by atoms with Crippen LogP contribution in [0.1, 0.15) is 17.5 Å². The standard InChI is InChI=1S/C12H13NS2/c1-4-14-8-10-6-9-2-3-13-11(9)7-12(10)15-5-1/h3,6-7H,1-2,4-5,8H2. The third kappa shape index (κ3) is 1.95. The molecule has 2 aliphatic heterocycles. The molecule has 78 valence electrons. The van der Waals surface area contributed by atoms with Gasteiger partial charge in [-0.1, -0.05) is 6.07 Å². The predicted octanol–water partition coefficient (Wildman–Crippen LogP) is 3.67. The van der Waals surface area contributed by atoms with Gasteiger partial charge in [0.15, 0.2) is 0 Å². The first-order valence-electron chi connectivity index (χ1n) is 5.32. The third-order valence-electron chi connectivity index (χ3n) is 2.75. The molecule has 0 N–H and O–H groups in total. The topological polar surface area (TPSA) is 12.4 Å². The molecule has 1 nitrogen and oxygen atoms in total. The fraction of sp³-hybridized carbons (Fsp3) is 0.417. The van der Waals surface area contributed by atoms with E-state index in [4.69, 9.17) is 0 Å². The molecule has 0 amide bonds. The van der Waals surface area contributed by atoms with Crippen molar-refractivity contribution in [3.05, 3.63) is 23.3 Å². The summed E-state index contributed by atoms with van der Waals surface area (Å²) in [4.78, 5) is 5.87. The minimum atomic E-state index is 1.03. The van der Waals surface area contributed by atoms with Crippen LogP contribution in [-0.2, 0) is 12.2 Å². The van der Waals surface area contributed by atoms with Gasteiger partial charge in [0.1, 0.15) is 0 Å². The molecule has 2 heterocycles. The Morgan fingerprint density at radius 1 is 1.13 bits per heavy atom. The lowest BCUT2D eigenvalue weighted by Crippen LogP contribution is -1.95. The third-order valence-corrected chi connectivity index (χ3v) is 5.03. The molecule has 15 heavy (non-hydrogen) atoms. The maximum Gasteiger partial charge on any atom is 0.0672 e. The van der Waals surface area contributed by atoms with Crippen molar-refractivity contribution in [3.63, 3.8) is 0 Å². The monoisotopic (exact) mass is 235 g/mol. The predicted molar refractivity (Wildman–Crippen MR) is 69.8 cm³/mol. The Balaban J connectivity index is 2.01. The molecule has 1 aromatic carbocycles. The normalized spacial score (nSPS) is 19.2. The van der Waals surface area contributed by atoms with Gasteiger partial charge in [-0.15, -0.1) is 11.8 Å². The van der Waals surface area contributed by atoms with Crippen molar-refractivity contribution < 1.29 is 0 Å². The summed E-state index contributed by atoms with van der Waals surface area (Å²) in [6.07, 6.45) is 4.38. The second kappa shape index (κ2) is 4.22. The highest BCUT2D eigenvalue weighted by atomic mass is 32.2. The van der Waals surface area contributed by atoms with Crippen molar-refractivity contribution in [1.29, 1.82) is 0 Å². The summed E-state index contributed by atoms with van der Waals surface area (Å²) in [7, 11) is 0. The van der Waals surface area contributed by atoms with E-state index in [2.05, 4.69) is 28.9 Å². The van der Waals surface area contributed by atoms with E-state index in [-0.39, 0.29) is 0 Å². The SMILES string of the molecule is C1=Nc2cc3c(cc2C1)CSCCCS3. The zero-order valence-electron chi connectivity index (χ0n) is 8.53. The highest BCUT2D eigenvalue weighted by Gasteiger charge is 2.13. The highest BCUT2D eigenvalue weighted by Crippen LogP contribution is 2.36. The van der Waals surface area contributed by atoms with E-state index in [0.29, 0.717) is 0 Å². The number of nitrogens with zero attached hydrogens (tertiary/aromatic N) is 1. The van der Waals surface area contributed by atoms with Crippen LogP contribution in [0, 0.1) is 0 Å². The van der Waals surface area contributed by atoms with Crippen LogP contribution in [0.25, 0.3) is 0 Å². The molecule has 0 saturated carbocycles. The number of fused-ring (bicyclic) bond motifs is 2. The van der Waals surface area contributed by atoms with Crippen molar-refractivity contribution in [2.24, 2.45) is 4.99 Å². The molecular weight excluding hydrogens is 222 g/mol. The lowest BCUT2D eigenvalue weighted by molar-refractivity contribution is 1.10. The second-order valence-electron chi connectivity index (χ2n) is 3.86. The van der Waals surface area contributed by atoms with Crippen LogP contribution in [-0.4, -0.2) is 17.7 Å². The minimum absolute atomic E-state index is 1.03. The summed E-state index contributed by atoms with van der Waals surface area (Å²) in [5.41, 5.74) is 4.14. The number of hydrogen-bond donors (Lipinski definition) is 0. The summed E-state index contributed by atoms with van der Waals surface area (Å²) >= 11 is 4.06. The Hall–Kier alpha value is -0.410. The van der Waals surface area contributed by atoms with E-state index in [9.17, 15) is 0 Å². The lowest BCUT2D eigenvalue weighted by atomic mass is 10.1. The van der Waals surface area contributed by atoms with Gasteiger partial charge in [0.25, 0.3) is 0 Å². The van der Waals surface area contributed by atoms with E-state index in [0.717, 1.165) is 6.42 Å². The van der Waals surface area contributed by atoms with Crippen molar-refractivity contribution >= 4 is 35.4 Å². The summed E-state index contributed by atoms with van der Waals surface area (Å²) in [6.45, 7) is 0. The van der Waals surface area contributed by atoms with E-state index in [1.54, 1.807) is 0 Å². The molecule has 0 fully saturated rings. The molecule has 1 aromatic rings. The first-order valence-corrected chi connectivity index (χ1v) is 7.46. The van der Waals surface area contributed by atoms with Crippen LogP contribution in [0.3, 0.4) is 0 Å². The number of aliphatic imine (C=N–C) groups is 1. The molecule has 0 atom stereocenters. The van der Waals surface area contributed by atoms with E-state index < -0.39 is 0 Å². The zero-order valence-corrected chi connectivity index (χ0v) is 10.2. The van der Waals surface area contributed by atoms with Crippen LogP contribution >= 0.6 is 23.5 Å². The molecule has 0 bridgehead atoms. The zero-order chi connectivity index (χ0) is 10.1. The minimum Gasteiger partial charge on any atom is -0.261 e. The van der Waals surface area contributed by atoms with Gasteiger partial charge in [0.05, 0.1) is 5.69 Å². The number of rotatable bonds is 0. The Bertz CT molecular complexity index is 412. The van der Waals surface area contributed by atoms with Gasteiger partial charge in [-0.25, -0.2) is 0 Å². The van der Waals surface area contributed by atoms with Crippen molar-refractivity contribution in [3.8, 4) is 0 Å². The Morgan fingerprint density at radius 2 is 2.13 bits per heavy atom. The average Bonchev–Trinajstić information content (AvgIpc) is 2.64. The van der Waals surface area contributed by atoms with Crippen LogP contribution in [0.5, 0.6) is 0 Å². The summed E-state index contributed by atoms with van der Waals surface area (Å²) in [5.74, 6) is 3.73. The quantitative estimate of drug-likeness (QED) is 0.680. The van der Waals surface area contributed by atoms with Crippen LogP contribution in [0.15, 0.2) is 22.0 Å². The van der Waals surface area contributed by atoms with Gasteiger partial charge in [-0.3, -0.25) is 4.99 Å². The lowest BCUT2D eigenvalue weighted by Gasteiger charge is -2.14. The molecule has 3 rings (SSSR count). The second-order valence-corrected chi connectivity index (χ2v) is 6.10. The van der Waals surface area contributed by atoms with Crippen molar-refractivity contribution in [1.82, 2.24) is 0 Å². The summed E-state index contributed by atoms with van der Waals surface area (Å²) in [5, 5.41) is 0. The van der Waals surface area contributed by atoms with Crippen LogP contribution < -0.4 is 0 Å². The highest BCUT2D eigenvalue weighted by molar-refractivity contribution is 8.00. The molecule has 3 heteroatoms. The Labute approximate surface area is 98.8 Å². The fourth-order valence-corrected chi connectivity index (χ4v) is 4.21. The van der Waals surface area contributed by atoms with Gasteiger partial charge in [0.2, 0.25) is 0 Å². The molecule has 0 aliphatic carbocycles. The maximum atomic E-state index is 4.42. The molecule has 0 unspecified atom stereocenters. The van der Waals surface area contributed by atoms with E-state index >= 15 is 0 Å². The molecule has 0 aromatic heterocycles. The fourth-order valence-electron chi connectivity index (χ4n) is 1.96. The van der Waals surface area contributed by atoms with Crippen molar-refractivity contribution in [2.45, 2.75) is 23.5 Å². The van der Waals surface area contributed by atoms with Crippen LogP contribution in [0.2, 0.25) is 0 Å². The van der Waals surface area contributed by atoms with Gasteiger partial charge in [-0.2, -0.15) is 11.8 Å². The molecule has 0 saturated heterocycles. The van der Waals surface area contributed by atoms with Gasteiger partial charge < -0.3 is 0 Å². The smallest absolute Gasteiger partial charge is 0.0672 e. The van der Waals surface area contributed by atoms with Gasteiger partial charge >= 0.3 is 0 Å². The molecule has 0 radical (unpaired) electrons. The van der Waals surface area contributed by atoms with Crippen molar-refractivity contribution in [2.75, 3.05) is 11.5 Å².